The molecule has 0 atom stereocenters. The van der Waals surface area contributed by atoms with Crippen molar-refractivity contribution in [3.63, 3.8) is 0 Å². The number of hydrogen-bond donors (Lipinski definition) is 2. The molecule has 2 N–H and O–H groups in total. The minimum Gasteiger partial charge on any atom is -0.480 e. The molecule has 0 saturated heterocycles. The Kier molecular flexibility index (Phi) is 6.45. The predicted molar refractivity (Wildman–Crippen MR) is 141 cm³/mol. The number of nitrogens with one attached hydrogen (secondary N) is 1. The second-order valence-electron chi connectivity index (χ2n) is 8.54. The van der Waals surface area contributed by atoms with Gasteiger partial charge < -0.3 is 14.4 Å². The van der Waals surface area contributed by atoms with E-state index in [0.29, 0.717) is 29.8 Å². The lowest BCUT2D eigenvalue weighted by atomic mass is 9.83. The zero-order chi connectivity index (χ0) is 26.0. The fourth-order valence-corrected chi connectivity index (χ4v) is 4.61. The maximum atomic E-state index is 13.2. The highest BCUT2D eigenvalue weighted by molar-refractivity contribution is 6.06. The van der Waals surface area contributed by atoms with Crippen LogP contribution in [0.15, 0.2) is 79.1 Å². The van der Waals surface area contributed by atoms with Gasteiger partial charge in [0.15, 0.2) is 5.60 Å². The van der Waals surface area contributed by atoms with Crippen molar-refractivity contribution in [2.45, 2.75) is 32.5 Å². The highest BCUT2D eigenvalue weighted by Crippen LogP contribution is 2.39. The fraction of sp³-hybridized carbons (Fsp3) is 0.214. The molecule has 5 rings (SSSR count). The molecule has 0 bridgehead atoms. The van der Waals surface area contributed by atoms with E-state index in [1.165, 1.54) is 7.11 Å². The zero-order valence-corrected chi connectivity index (χ0v) is 20.9. The molecule has 0 radical (unpaired) electrons. The number of amides is 1. The summed E-state index contributed by atoms with van der Waals surface area (Å²) in [6.45, 7) is 5.10. The van der Waals surface area contributed by atoms with Gasteiger partial charge in [-0.05, 0) is 37.1 Å². The molecule has 3 heterocycles. The summed E-state index contributed by atoms with van der Waals surface area (Å²) >= 11 is 0. The number of aromatic nitrogens is 5. The molecule has 0 aliphatic carbocycles. The Bertz CT molecular complexity index is 1500. The average molecular weight is 497 g/mol. The molecule has 0 aliphatic heterocycles. The quantitative estimate of drug-likeness (QED) is 0.333. The molecule has 1 amide bonds. The van der Waals surface area contributed by atoms with Crippen LogP contribution in [-0.4, -0.2) is 42.4 Å². The summed E-state index contributed by atoms with van der Waals surface area (Å²) in [5.41, 5.74) is 2.17. The highest BCUT2D eigenvalue weighted by atomic mass is 16.5. The maximum Gasteiger partial charge on any atom is 0.263 e. The minimum atomic E-state index is -1.45. The van der Waals surface area contributed by atoms with Crippen LogP contribution in [-0.2, 0) is 18.7 Å². The number of aliphatic hydroxyl groups is 1. The number of carbonyl (C=O) groups excluding carboxylic acids is 1. The summed E-state index contributed by atoms with van der Waals surface area (Å²) in [6.07, 6.45) is 1.55. The van der Waals surface area contributed by atoms with Crippen LogP contribution in [0.1, 0.15) is 41.0 Å². The van der Waals surface area contributed by atoms with Crippen molar-refractivity contribution in [1.29, 1.82) is 0 Å². The van der Waals surface area contributed by atoms with Crippen LogP contribution in [0, 0.1) is 0 Å². The van der Waals surface area contributed by atoms with Crippen molar-refractivity contribution in [3.05, 3.63) is 102 Å². The van der Waals surface area contributed by atoms with Gasteiger partial charge in [-0.2, -0.15) is 0 Å². The van der Waals surface area contributed by atoms with Gasteiger partial charge in [0.05, 0.1) is 23.8 Å². The molecule has 0 unspecified atom stereocenters. The van der Waals surface area contributed by atoms with Crippen LogP contribution in [0.2, 0.25) is 0 Å². The average Bonchev–Trinajstić information content (AvgIpc) is 3.56. The van der Waals surface area contributed by atoms with E-state index in [1.807, 2.05) is 85.1 Å². The van der Waals surface area contributed by atoms with E-state index in [-0.39, 0.29) is 17.4 Å². The smallest absolute Gasteiger partial charge is 0.263 e. The lowest BCUT2D eigenvalue weighted by Gasteiger charge is -2.31. The number of pyridine rings is 1. The number of benzene rings is 2. The minimum absolute atomic E-state index is 0.169. The second-order valence-corrected chi connectivity index (χ2v) is 8.54. The molecule has 2 aromatic carbocycles. The van der Waals surface area contributed by atoms with Crippen molar-refractivity contribution in [2.75, 3.05) is 12.4 Å². The second kappa shape index (κ2) is 9.87. The molecular weight excluding hydrogens is 468 g/mol. The molecule has 0 fully saturated rings. The Labute approximate surface area is 214 Å². The monoisotopic (exact) mass is 496 g/mol. The molecule has 9 nitrogen and oxygen atoms in total. The van der Waals surface area contributed by atoms with Crippen LogP contribution in [0.3, 0.4) is 0 Å². The number of methoxy groups -OCH3 is 1. The van der Waals surface area contributed by atoms with Crippen LogP contribution in [0.4, 0.5) is 5.95 Å². The standard InChI is InChI=1S/C28H28N6O3/c1-4-33-18-29-27(32-33)31-25(35)21-16-23-22(30-26(21)37-3)17-24(34(23)5-2)28(36,19-12-8-6-9-13-19)20-14-10-7-11-15-20/h6-18,36H,4-5H2,1-3H3,(H,31,32,35). The largest absolute Gasteiger partial charge is 0.480 e. The number of ether oxygens (including phenoxy) is 1. The third kappa shape index (κ3) is 4.23. The number of carbonyl (C=O) groups is 1. The maximum absolute atomic E-state index is 13.2. The summed E-state index contributed by atoms with van der Waals surface area (Å²) in [6, 6.07) is 22.6. The molecule has 5 aromatic rings. The molecule has 3 aromatic heterocycles. The molecule has 9 heteroatoms. The lowest BCUT2D eigenvalue weighted by molar-refractivity contribution is 0.102. The summed E-state index contributed by atoms with van der Waals surface area (Å²) in [7, 11) is 1.47. The number of aryl methyl sites for hydroxylation is 2. The van der Waals surface area contributed by atoms with Crippen molar-refractivity contribution < 1.29 is 14.6 Å². The molecule has 0 spiro atoms. The Hall–Kier alpha value is -4.50. The number of nitrogens with zero attached hydrogens (tertiary/aromatic N) is 5. The molecule has 0 aliphatic rings. The lowest BCUT2D eigenvalue weighted by Crippen LogP contribution is -2.31. The van der Waals surface area contributed by atoms with Gasteiger partial charge in [-0.25, -0.2) is 9.97 Å². The van der Waals surface area contributed by atoms with Crippen LogP contribution < -0.4 is 10.1 Å². The topological polar surface area (TPSA) is 107 Å². The third-order valence-electron chi connectivity index (χ3n) is 6.44. The van der Waals surface area contributed by atoms with Crippen molar-refractivity contribution in [2.24, 2.45) is 0 Å². The Morgan fingerprint density at radius 2 is 1.65 bits per heavy atom. The Morgan fingerprint density at radius 1 is 1.00 bits per heavy atom. The van der Waals surface area contributed by atoms with E-state index < -0.39 is 11.5 Å². The highest BCUT2D eigenvalue weighted by Gasteiger charge is 2.37. The summed E-state index contributed by atoms with van der Waals surface area (Å²) < 4.78 is 9.08. The predicted octanol–water partition coefficient (Wildman–Crippen LogP) is 4.21. The van der Waals surface area contributed by atoms with Gasteiger partial charge in [0.2, 0.25) is 11.8 Å². The van der Waals surface area contributed by atoms with Crippen molar-refractivity contribution in [1.82, 2.24) is 24.3 Å². The molecular formula is C28H28N6O3. The van der Waals surface area contributed by atoms with E-state index in [1.54, 1.807) is 17.1 Å². The van der Waals surface area contributed by atoms with Gasteiger partial charge in [-0.1, -0.05) is 60.7 Å². The number of rotatable bonds is 8. The fourth-order valence-electron chi connectivity index (χ4n) is 4.61. The molecule has 188 valence electrons. The summed E-state index contributed by atoms with van der Waals surface area (Å²) in [5, 5.41) is 19.3. The van der Waals surface area contributed by atoms with E-state index >= 15 is 0 Å². The van der Waals surface area contributed by atoms with E-state index in [4.69, 9.17) is 4.74 Å². The first kappa shape index (κ1) is 24.2. The first-order valence-electron chi connectivity index (χ1n) is 12.1. The summed E-state index contributed by atoms with van der Waals surface area (Å²) in [4.78, 5) is 22.0. The third-order valence-corrected chi connectivity index (χ3v) is 6.44. The number of hydrogen-bond acceptors (Lipinski definition) is 6. The van der Waals surface area contributed by atoms with Crippen LogP contribution in [0.25, 0.3) is 11.0 Å². The van der Waals surface area contributed by atoms with Crippen LogP contribution in [0.5, 0.6) is 5.88 Å². The van der Waals surface area contributed by atoms with Gasteiger partial charge >= 0.3 is 0 Å². The van der Waals surface area contributed by atoms with Crippen molar-refractivity contribution >= 4 is 22.9 Å². The van der Waals surface area contributed by atoms with Crippen LogP contribution >= 0.6 is 0 Å². The van der Waals surface area contributed by atoms with Gasteiger partial charge in [-0.3, -0.25) is 14.8 Å². The molecule has 0 saturated carbocycles. The number of anilines is 1. The van der Waals surface area contributed by atoms with Gasteiger partial charge in [0.1, 0.15) is 11.9 Å². The first-order valence-corrected chi connectivity index (χ1v) is 12.1. The zero-order valence-electron chi connectivity index (χ0n) is 20.9. The Balaban J connectivity index is 1.68. The van der Waals surface area contributed by atoms with Gasteiger partial charge in [0.25, 0.3) is 5.91 Å². The SMILES string of the molecule is CCn1cnc(NC(=O)c2cc3c(cc(C(O)(c4ccccc4)c4ccccc4)n3CC)nc2OC)n1. The van der Waals surface area contributed by atoms with E-state index in [9.17, 15) is 9.90 Å². The van der Waals surface area contributed by atoms with Crippen molar-refractivity contribution in [3.8, 4) is 5.88 Å². The summed E-state index contributed by atoms with van der Waals surface area (Å²) in [5.74, 6) is -0.0716. The Morgan fingerprint density at radius 3 is 2.19 bits per heavy atom. The number of fused-ring (bicyclic) bond motifs is 1. The van der Waals surface area contributed by atoms with E-state index in [0.717, 1.165) is 11.1 Å². The first-order chi connectivity index (χ1) is 18.0. The van der Waals surface area contributed by atoms with Gasteiger partial charge in [-0.15, -0.1) is 5.10 Å². The van der Waals surface area contributed by atoms with Gasteiger partial charge in [0, 0.05) is 13.1 Å². The normalized spacial score (nSPS) is 11.6. The van der Waals surface area contributed by atoms with E-state index in [2.05, 4.69) is 20.4 Å². The molecule has 37 heavy (non-hydrogen) atoms.